The maximum absolute atomic E-state index is 5.95. The van der Waals surface area contributed by atoms with Gasteiger partial charge in [-0.05, 0) is 56.6 Å². The quantitative estimate of drug-likeness (QED) is 0.827. The van der Waals surface area contributed by atoms with Crippen molar-refractivity contribution in [3.63, 3.8) is 0 Å². The van der Waals surface area contributed by atoms with Gasteiger partial charge in [-0.3, -0.25) is 0 Å². The minimum absolute atomic E-state index is 0.360. The zero-order valence-corrected chi connectivity index (χ0v) is 11.9. The molecule has 0 amide bonds. The number of likely N-dealkylation sites (tertiary alicyclic amines) is 1. The number of nitrogens with one attached hydrogen (secondary N) is 1. The Bertz CT molecular complexity index is 412. The van der Waals surface area contributed by atoms with Gasteiger partial charge in [0.05, 0.1) is 11.4 Å². The van der Waals surface area contributed by atoms with Crippen molar-refractivity contribution in [3.8, 4) is 0 Å². The molecule has 0 spiro atoms. The van der Waals surface area contributed by atoms with E-state index in [4.69, 9.17) is 17.3 Å². The molecule has 1 aromatic rings. The third-order valence-corrected chi connectivity index (χ3v) is 4.15. The number of hydrogen-bond acceptors (Lipinski definition) is 3. The van der Waals surface area contributed by atoms with Crippen molar-refractivity contribution in [2.75, 3.05) is 37.7 Å². The van der Waals surface area contributed by atoms with E-state index < -0.39 is 0 Å². The first-order chi connectivity index (χ1) is 8.48. The van der Waals surface area contributed by atoms with Gasteiger partial charge in [-0.1, -0.05) is 18.5 Å². The highest BCUT2D eigenvalue weighted by atomic mass is 35.5. The second-order valence-corrected chi connectivity index (χ2v) is 6.14. The summed E-state index contributed by atoms with van der Waals surface area (Å²) in [6.45, 7) is 5.66. The average molecular weight is 268 g/mol. The standard InChI is InChI=1S/C14H22ClN3/c1-14(5-7-18(2)8-6-14)10-17-13-4-3-11(15)9-12(13)16/h3-4,9,17H,5-8,10,16H2,1-2H3. The first-order valence-electron chi connectivity index (χ1n) is 6.46. The van der Waals surface area contributed by atoms with Gasteiger partial charge < -0.3 is 16.0 Å². The number of hydrogen-bond donors (Lipinski definition) is 2. The van der Waals surface area contributed by atoms with Crippen molar-refractivity contribution < 1.29 is 0 Å². The van der Waals surface area contributed by atoms with Gasteiger partial charge in [0.2, 0.25) is 0 Å². The lowest BCUT2D eigenvalue weighted by Gasteiger charge is -2.38. The molecule has 0 radical (unpaired) electrons. The predicted octanol–water partition coefficient (Wildman–Crippen LogP) is 3.07. The zero-order valence-electron chi connectivity index (χ0n) is 11.2. The molecule has 1 aliphatic rings. The Morgan fingerprint density at radius 2 is 2.06 bits per heavy atom. The molecular formula is C14H22ClN3. The van der Waals surface area contributed by atoms with Crippen molar-refractivity contribution >= 4 is 23.0 Å². The highest BCUT2D eigenvalue weighted by Crippen LogP contribution is 2.31. The van der Waals surface area contributed by atoms with Crippen LogP contribution in [0.5, 0.6) is 0 Å². The number of nitrogens with zero attached hydrogens (tertiary/aromatic N) is 1. The van der Waals surface area contributed by atoms with E-state index in [0.717, 1.165) is 17.9 Å². The van der Waals surface area contributed by atoms with Gasteiger partial charge in [0, 0.05) is 11.6 Å². The third kappa shape index (κ3) is 3.30. The molecule has 1 fully saturated rings. The van der Waals surface area contributed by atoms with Crippen molar-refractivity contribution in [2.45, 2.75) is 19.8 Å². The molecule has 1 saturated heterocycles. The molecule has 1 aliphatic heterocycles. The highest BCUT2D eigenvalue weighted by molar-refractivity contribution is 6.31. The first kappa shape index (κ1) is 13.5. The number of rotatable bonds is 3. The van der Waals surface area contributed by atoms with Crippen LogP contribution in [0.2, 0.25) is 5.02 Å². The van der Waals surface area contributed by atoms with Gasteiger partial charge in [-0.2, -0.15) is 0 Å². The van der Waals surface area contributed by atoms with Gasteiger partial charge in [0.15, 0.2) is 0 Å². The van der Waals surface area contributed by atoms with E-state index in [2.05, 4.69) is 24.2 Å². The second-order valence-electron chi connectivity index (χ2n) is 5.70. The molecule has 0 saturated carbocycles. The Kier molecular flexibility index (Phi) is 4.03. The molecule has 1 heterocycles. The number of anilines is 2. The molecule has 0 atom stereocenters. The van der Waals surface area contributed by atoms with Crippen LogP contribution in [0.15, 0.2) is 18.2 Å². The molecule has 1 aromatic carbocycles. The van der Waals surface area contributed by atoms with Crippen LogP contribution >= 0.6 is 11.6 Å². The third-order valence-electron chi connectivity index (χ3n) is 3.91. The summed E-state index contributed by atoms with van der Waals surface area (Å²) >= 11 is 5.90. The lowest BCUT2D eigenvalue weighted by molar-refractivity contribution is 0.150. The maximum Gasteiger partial charge on any atom is 0.0575 e. The molecule has 18 heavy (non-hydrogen) atoms. The van der Waals surface area contributed by atoms with Gasteiger partial charge in [0.25, 0.3) is 0 Å². The Labute approximate surface area is 114 Å². The molecular weight excluding hydrogens is 246 g/mol. The zero-order chi connectivity index (χ0) is 13.2. The van der Waals surface area contributed by atoms with Crippen LogP contribution in [0.25, 0.3) is 0 Å². The Balaban J connectivity index is 1.94. The van der Waals surface area contributed by atoms with Gasteiger partial charge >= 0.3 is 0 Å². The molecule has 3 nitrogen and oxygen atoms in total. The number of nitrogen functional groups attached to an aromatic ring is 1. The Morgan fingerprint density at radius 1 is 1.39 bits per heavy atom. The summed E-state index contributed by atoms with van der Waals surface area (Å²) in [5.74, 6) is 0. The lowest BCUT2D eigenvalue weighted by atomic mass is 9.80. The minimum Gasteiger partial charge on any atom is -0.397 e. The second kappa shape index (κ2) is 5.37. The van der Waals surface area contributed by atoms with Crippen molar-refractivity contribution in [1.29, 1.82) is 0 Å². The van der Waals surface area contributed by atoms with E-state index in [-0.39, 0.29) is 0 Å². The number of benzene rings is 1. The van der Waals surface area contributed by atoms with Gasteiger partial charge in [0.1, 0.15) is 0 Å². The van der Waals surface area contributed by atoms with E-state index in [1.54, 1.807) is 6.07 Å². The number of nitrogens with two attached hydrogens (primary N) is 1. The summed E-state index contributed by atoms with van der Waals surface area (Å²) < 4.78 is 0. The van der Waals surface area contributed by atoms with Crippen LogP contribution in [0.3, 0.4) is 0 Å². The number of piperidine rings is 1. The summed E-state index contributed by atoms with van der Waals surface area (Å²) in [5, 5.41) is 4.15. The predicted molar refractivity (Wildman–Crippen MR) is 79.2 cm³/mol. The summed E-state index contributed by atoms with van der Waals surface area (Å²) in [4.78, 5) is 2.39. The maximum atomic E-state index is 5.95. The molecule has 4 heteroatoms. The molecule has 0 aromatic heterocycles. The fraction of sp³-hybridized carbons (Fsp3) is 0.571. The largest absolute Gasteiger partial charge is 0.397 e. The monoisotopic (exact) mass is 267 g/mol. The first-order valence-corrected chi connectivity index (χ1v) is 6.84. The smallest absolute Gasteiger partial charge is 0.0575 e. The van der Waals surface area contributed by atoms with Crippen LogP contribution in [-0.4, -0.2) is 31.6 Å². The molecule has 2 rings (SSSR count). The SMILES string of the molecule is CN1CCC(C)(CNc2ccc(Cl)cc2N)CC1. The van der Waals surface area contributed by atoms with E-state index in [9.17, 15) is 0 Å². The topological polar surface area (TPSA) is 41.3 Å². The van der Waals surface area contributed by atoms with Gasteiger partial charge in [-0.15, -0.1) is 0 Å². The van der Waals surface area contributed by atoms with E-state index in [1.165, 1.54) is 25.9 Å². The number of halogens is 1. The average Bonchev–Trinajstić information content (AvgIpc) is 2.32. The van der Waals surface area contributed by atoms with E-state index >= 15 is 0 Å². The Hall–Kier alpha value is -0.930. The lowest BCUT2D eigenvalue weighted by Crippen LogP contribution is -2.40. The van der Waals surface area contributed by atoms with Crippen molar-refractivity contribution in [1.82, 2.24) is 4.90 Å². The van der Waals surface area contributed by atoms with Crippen LogP contribution in [0.1, 0.15) is 19.8 Å². The van der Waals surface area contributed by atoms with Crippen molar-refractivity contribution in [2.24, 2.45) is 5.41 Å². The van der Waals surface area contributed by atoms with E-state index in [0.29, 0.717) is 10.4 Å². The summed E-state index contributed by atoms with van der Waals surface area (Å²) in [5.41, 5.74) is 8.01. The highest BCUT2D eigenvalue weighted by Gasteiger charge is 2.28. The molecule has 3 N–H and O–H groups in total. The molecule has 100 valence electrons. The van der Waals surface area contributed by atoms with E-state index in [1.807, 2.05) is 12.1 Å². The minimum atomic E-state index is 0.360. The summed E-state index contributed by atoms with van der Waals surface area (Å²) in [6.07, 6.45) is 2.45. The van der Waals surface area contributed by atoms with Crippen LogP contribution in [0, 0.1) is 5.41 Å². The molecule has 0 bridgehead atoms. The fourth-order valence-corrected chi connectivity index (χ4v) is 2.52. The van der Waals surface area contributed by atoms with Crippen LogP contribution in [0.4, 0.5) is 11.4 Å². The van der Waals surface area contributed by atoms with Gasteiger partial charge in [-0.25, -0.2) is 0 Å². The van der Waals surface area contributed by atoms with Crippen LogP contribution in [-0.2, 0) is 0 Å². The summed E-state index contributed by atoms with van der Waals surface area (Å²) in [7, 11) is 2.18. The fourth-order valence-electron chi connectivity index (χ4n) is 2.34. The summed E-state index contributed by atoms with van der Waals surface area (Å²) in [6, 6.07) is 5.62. The molecule has 0 unspecified atom stereocenters. The van der Waals surface area contributed by atoms with Crippen molar-refractivity contribution in [3.05, 3.63) is 23.2 Å². The normalized spacial score (nSPS) is 19.7. The Morgan fingerprint density at radius 3 is 2.67 bits per heavy atom. The molecule has 0 aliphatic carbocycles. The van der Waals surface area contributed by atoms with Crippen LogP contribution < -0.4 is 11.1 Å².